The highest BCUT2D eigenvalue weighted by Crippen LogP contribution is 2.29. The van der Waals surface area contributed by atoms with Crippen molar-refractivity contribution in [2.45, 2.75) is 26.7 Å². The Bertz CT molecular complexity index is 511. The molecule has 90 valence electrons. The van der Waals surface area contributed by atoms with Crippen LogP contribution in [0.15, 0.2) is 18.2 Å². The highest BCUT2D eigenvalue weighted by atomic mass is 35.5. The van der Waals surface area contributed by atoms with Gasteiger partial charge in [0.1, 0.15) is 5.82 Å². The van der Waals surface area contributed by atoms with Crippen LogP contribution in [0.25, 0.3) is 11.3 Å². The second kappa shape index (κ2) is 4.80. The largest absolute Gasteiger partial charge is 0.382 e. The second-order valence-corrected chi connectivity index (χ2v) is 4.67. The number of rotatable bonds is 3. The maximum absolute atomic E-state index is 6.07. The molecule has 17 heavy (non-hydrogen) atoms. The number of H-pyrrole nitrogens is 1. The molecule has 0 fully saturated rings. The molecule has 0 spiro atoms. The first kappa shape index (κ1) is 12.0. The molecule has 0 unspecified atom stereocenters. The molecule has 0 atom stereocenters. The van der Waals surface area contributed by atoms with Crippen molar-refractivity contribution in [3.63, 3.8) is 0 Å². The molecule has 0 aliphatic carbocycles. The van der Waals surface area contributed by atoms with Gasteiger partial charge in [-0.1, -0.05) is 24.9 Å². The van der Waals surface area contributed by atoms with Crippen LogP contribution >= 0.6 is 11.6 Å². The van der Waals surface area contributed by atoms with Crippen molar-refractivity contribution < 1.29 is 0 Å². The standard InChI is InChI=1S/C13H16ClN3/c1-3-4-11-12(16-17-13(11)15)9-5-8(2)6-10(14)7-9/h5-7H,3-4H2,1-2H3,(H3,15,16,17). The van der Waals surface area contributed by atoms with Gasteiger partial charge in [0.25, 0.3) is 0 Å². The number of halogens is 1. The smallest absolute Gasteiger partial charge is 0.149 e. The van der Waals surface area contributed by atoms with Gasteiger partial charge in [-0.05, 0) is 37.1 Å². The lowest BCUT2D eigenvalue weighted by Crippen LogP contribution is -1.93. The van der Waals surface area contributed by atoms with E-state index in [1.165, 1.54) is 0 Å². The normalized spacial score (nSPS) is 10.8. The van der Waals surface area contributed by atoms with Crippen LogP contribution in [0.3, 0.4) is 0 Å². The van der Waals surface area contributed by atoms with E-state index in [1.807, 2.05) is 19.1 Å². The third kappa shape index (κ3) is 2.44. The van der Waals surface area contributed by atoms with Crippen molar-refractivity contribution in [3.05, 3.63) is 34.3 Å². The maximum atomic E-state index is 6.07. The molecule has 3 nitrogen and oxygen atoms in total. The molecule has 0 amide bonds. The fourth-order valence-electron chi connectivity index (χ4n) is 2.00. The summed E-state index contributed by atoms with van der Waals surface area (Å²) in [6, 6.07) is 5.95. The Balaban J connectivity index is 2.52. The fourth-order valence-corrected chi connectivity index (χ4v) is 2.29. The zero-order valence-corrected chi connectivity index (χ0v) is 10.8. The van der Waals surface area contributed by atoms with Gasteiger partial charge in [-0.25, -0.2) is 0 Å². The van der Waals surface area contributed by atoms with Crippen LogP contribution < -0.4 is 5.73 Å². The van der Waals surface area contributed by atoms with Gasteiger partial charge in [0.2, 0.25) is 0 Å². The monoisotopic (exact) mass is 249 g/mol. The summed E-state index contributed by atoms with van der Waals surface area (Å²) >= 11 is 6.07. The topological polar surface area (TPSA) is 54.7 Å². The van der Waals surface area contributed by atoms with Crippen LogP contribution in [0.1, 0.15) is 24.5 Å². The average molecular weight is 250 g/mol. The number of aromatic amines is 1. The number of aromatic nitrogens is 2. The minimum absolute atomic E-state index is 0.583. The third-order valence-corrected chi connectivity index (χ3v) is 2.95. The SMILES string of the molecule is CCCc1c(N)n[nH]c1-c1cc(C)cc(Cl)c1. The van der Waals surface area contributed by atoms with Crippen LogP contribution in [0, 0.1) is 6.92 Å². The van der Waals surface area contributed by atoms with Crippen molar-refractivity contribution >= 4 is 17.4 Å². The van der Waals surface area contributed by atoms with Crippen LogP contribution in [-0.4, -0.2) is 10.2 Å². The van der Waals surface area contributed by atoms with E-state index in [0.29, 0.717) is 5.82 Å². The first-order valence-corrected chi connectivity index (χ1v) is 6.10. The molecule has 1 heterocycles. The van der Waals surface area contributed by atoms with Gasteiger partial charge in [-0.15, -0.1) is 0 Å². The van der Waals surface area contributed by atoms with Crippen molar-refractivity contribution in [2.24, 2.45) is 0 Å². The van der Waals surface area contributed by atoms with E-state index in [-0.39, 0.29) is 0 Å². The summed E-state index contributed by atoms with van der Waals surface area (Å²) in [7, 11) is 0. The van der Waals surface area contributed by atoms with Crippen LogP contribution in [-0.2, 0) is 6.42 Å². The van der Waals surface area contributed by atoms with Gasteiger partial charge in [0, 0.05) is 16.1 Å². The van der Waals surface area contributed by atoms with E-state index in [4.69, 9.17) is 17.3 Å². The van der Waals surface area contributed by atoms with Gasteiger partial charge < -0.3 is 5.73 Å². The number of nitrogens with two attached hydrogens (primary N) is 1. The summed E-state index contributed by atoms with van der Waals surface area (Å²) in [4.78, 5) is 0. The predicted octanol–water partition coefficient (Wildman–Crippen LogP) is 3.57. The van der Waals surface area contributed by atoms with Crippen molar-refractivity contribution in [1.82, 2.24) is 10.2 Å². The van der Waals surface area contributed by atoms with E-state index in [9.17, 15) is 0 Å². The summed E-state index contributed by atoms with van der Waals surface area (Å²) in [5.74, 6) is 0.583. The number of anilines is 1. The number of hydrogen-bond donors (Lipinski definition) is 2. The number of aryl methyl sites for hydroxylation is 1. The lowest BCUT2D eigenvalue weighted by atomic mass is 10.0. The Morgan fingerprint density at radius 3 is 2.76 bits per heavy atom. The molecule has 2 rings (SSSR count). The fraction of sp³-hybridized carbons (Fsp3) is 0.308. The van der Waals surface area contributed by atoms with Crippen LogP contribution in [0.2, 0.25) is 5.02 Å². The first-order chi connectivity index (χ1) is 8.11. The average Bonchev–Trinajstić information content (AvgIpc) is 2.60. The first-order valence-electron chi connectivity index (χ1n) is 5.72. The lowest BCUT2D eigenvalue weighted by molar-refractivity contribution is 0.927. The molecule has 3 N–H and O–H groups in total. The zero-order valence-electron chi connectivity index (χ0n) is 10.0. The molecule has 0 aliphatic heterocycles. The van der Waals surface area contributed by atoms with Crippen molar-refractivity contribution in [1.29, 1.82) is 0 Å². The van der Waals surface area contributed by atoms with Crippen molar-refractivity contribution in [2.75, 3.05) is 5.73 Å². The van der Waals surface area contributed by atoms with E-state index in [2.05, 4.69) is 23.2 Å². The molecule has 0 saturated carbocycles. The number of nitrogen functional groups attached to an aromatic ring is 1. The lowest BCUT2D eigenvalue weighted by Gasteiger charge is -2.05. The molecule has 0 aliphatic rings. The summed E-state index contributed by atoms with van der Waals surface area (Å²) in [5.41, 5.74) is 10.1. The molecular formula is C13H16ClN3. The molecule has 2 aromatic rings. The van der Waals surface area contributed by atoms with Crippen molar-refractivity contribution in [3.8, 4) is 11.3 Å². The predicted molar refractivity (Wildman–Crippen MR) is 72.2 cm³/mol. The second-order valence-electron chi connectivity index (χ2n) is 4.23. The van der Waals surface area contributed by atoms with E-state index < -0.39 is 0 Å². The Morgan fingerprint density at radius 1 is 1.35 bits per heavy atom. The highest BCUT2D eigenvalue weighted by molar-refractivity contribution is 6.30. The van der Waals surface area contributed by atoms with Gasteiger partial charge in [0.15, 0.2) is 0 Å². The Hall–Kier alpha value is -1.48. The summed E-state index contributed by atoms with van der Waals surface area (Å²) < 4.78 is 0. The number of nitrogens with zero attached hydrogens (tertiary/aromatic N) is 1. The Morgan fingerprint density at radius 2 is 2.12 bits per heavy atom. The zero-order chi connectivity index (χ0) is 12.4. The van der Waals surface area contributed by atoms with Crippen LogP contribution in [0.4, 0.5) is 5.82 Å². The number of hydrogen-bond acceptors (Lipinski definition) is 2. The highest BCUT2D eigenvalue weighted by Gasteiger charge is 2.12. The minimum Gasteiger partial charge on any atom is -0.382 e. The minimum atomic E-state index is 0.583. The van der Waals surface area contributed by atoms with E-state index in [1.54, 1.807) is 0 Å². The maximum Gasteiger partial charge on any atom is 0.149 e. The number of benzene rings is 1. The molecule has 0 bridgehead atoms. The molecule has 1 aromatic carbocycles. The van der Waals surface area contributed by atoms with Crippen LogP contribution in [0.5, 0.6) is 0 Å². The Kier molecular flexibility index (Phi) is 3.38. The summed E-state index contributed by atoms with van der Waals surface area (Å²) in [5, 5.41) is 7.81. The molecule has 0 saturated heterocycles. The van der Waals surface area contributed by atoms with Gasteiger partial charge >= 0.3 is 0 Å². The molecule has 1 aromatic heterocycles. The summed E-state index contributed by atoms with van der Waals surface area (Å²) in [6.45, 7) is 4.15. The molecule has 4 heteroatoms. The quantitative estimate of drug-likeness (QED) is 0.874. The molecular weight excluding hydrogens is 234 g/mol. The Labute approximate surface area is 106 Å². The summed E-state index contributed by atoms with van der Waals surface area (Å²) in [6.07, 6.45) is 1.96. The van der Waals surface area contributed by atoms with E-state index >= 15 is 0 Å². The van der Waals surface area contributed by atoms with Gasteiger partial charge in [-0.2, -0.15) is 5.10 Å². The van der Waals surface area contributed by atoms with Gasteiger partial charge in [0.05, 0.1) is 5.69 Å². The van der Waals surface area contributed by atoms with Gasteiger partial charge in [-0.3, -0.25) is 5.10 Å². The van der Waals surface area contributed by atoms with E-state index in [0.717, 1.165) is 40.2 Å². The third-order valence-electron chi connectivity index (χ3n) is 2.73. The molecule has 0 radical (unpaired) electrons. The number of nitrogens with one attached hydrogen (secondary N) is 1.